The van der Waals surface area contributed by atoms with Crippen LogP contribution in [0.15, 0.2) is 174 Å². The maximum atomic E-state index is 6.32. The monoisotopic (exact) mass is 596 g/mol. The smallest absolute Gasteiger partial charge is 0.136 e. The van der Waals surface area contributed by atoms with Gasteiger partial charge in [0, 0.05) is 10.8 Å². The molecule has 0 N–H and O–H groups in total. The Balaban J connectivity index is 1.17. The Bertz CT molecular complexity index is 2690. The van der Waals surface area contributed by atoms with Crippen molar-refractivity contribution in [3.05, 3.63) is 170 Å². The third-order valence-electron chi connectivity index (χ3n) is 9.84. The summed E-state index contributed by atoms with van der Waals surface area (Å²) in [5, 5.41) is 9.87. The van der Waals surface area contributed by atoms with Gasteiger partial charge in [-0.15, -0.1) is 0 Å². The van der Waals surface area contributed by atoms with E-state index in [4.69, 9.17) is 4.42 Å². The molecular formula is C46H28O. The van der Waals surface area contributed by atoms with Gasteiger partial charge < -0.3 is 4.42 Å². The predicted molar refractivity (Wildman–Crippen MR) is 199 cm³/mol. The van der Waals surface area contributed by atoms with Crippen molar-refractivity contribution in [2.45, 2.75) is 0 Å². The fourth-order valence-electron chi connectivity index (χ4n) is 7.72. The third kappa shape index (κ3) is 3.97. The molecule has 0 saturated heterocycles. The minimum absolute atomic E-state index is 0.940. The van der Waals surface area contributed by atoms with E-state index in [1.165, 1.54) is 87.6 Å². The van der Waals surface area contributed by atoms with Crippen LogP contribution in [0, 0.1) is 0 Å². The maximum Gasteiger partial charge on any atom is 0.136 e. The van der Waals surface area contributed by atoms with E-state index < -0.39 is 0 Å². The van der Waals surface area contributed by atoms with Crippen LogP contribution in [0.5, 0.6) is 0 Å². The Morgan fingerprint density at radius 1 is 0.298 bits per heavy atom. The third-order valence-corrected chi connectivity index (χ3v) is 9.84. The second kappa shape index (κ2) is 10.2. The van der Waals surface area contributed by atoms with Gasteiger partial charge in [0.1, 0.15) is 11.2 Å². The molecule has 0 fully saturated rings. The van der Waals surface area contributed by atoms with Crippen LogP contribution in [0.25, 0.3) is 98.8 Å². The van der Waals surface area contributed by atoms with Crippen molar-refractivity contribution >= 4 is 54.3 Å². The van der Waals surface area contributed by atoms with E-state index in [1.807, 2.05) is 0 Å². The van der Waals surface area contributed by atoms with Gasteiger partial charge in [-0.1, -0.05) is 152 Å². The van der Waals surface area contributed by atoms with E-state index in [0.29, 0.717) is 0 Å². The largest absolute Gasteiger partial charge is 0.456 e. The van der Waals surface area contributed by atoms with E-state index in [1.54, 1.807) is 0 Å². The van der Waals surface area contributed by atoms with Crippen LogP contribution < -0.4 is 0 Å². The molecule has 0 amide bonds. The van der Waals surface area contributed by atoms with Crippen LogP contribution in [0.1, 0.15) is 0 Å². The molecule has 10 rings (SSSR count). The summed E-state index contributed by atoms with van der Waals surface area (Å²) in [6, 6.07) is 61.5. The molecule has 218 valence electrons. The molecule has 0 bridgehead atoms. The highest BCUT2D eigenvalue weighted by Gasteiger charge is 2.21. The molecule has 47 heavy (non-hydrogen) atoms. The van der Waals surface area contributed by atoms with E-state index in [-0.39, 0.29) is 0 Å². The fourth-order valence-corrected chi connectivity index (χ4v) is 7.72. The summed E-state index contributed by atoms with van der Waals surface area (Å²) < 4.78 is 6.32. The highest BCUT2D eigenvalue weighted by atomic mass is 16.3. The zero-order chi connectivity index (χ0) is 30.9. The summed E-state index contributed by atoms with van der Waals surface area (Å²) in [5.41, 5.74) is 11.8. The van der Waals surface area contributed by atoms with Crippen LogP contribution in [0.4, 0.5) is 0 Å². The molecule has 10 aromatic rings. The second-order valence-electron chi connectivity index (χ2n) is 12.4. The average Bonchev–Trinajstić information content (AvgIpc) is 3.54. The Kier molecular flexibility index (Phi) is 5.64. The molecule has 1 heterocycles. The quantitative estimate of drug-likeness (QED) is 0.145. The SMILES string of the molecule is c1ccc(-c2ccc(-c3ccc(-c4c5ccccc5c(-c5cc6cccc7oc8cccc5c8c67)c5ccccc45)cc3)cc2)cc1. The molecule has 9 aromatic carbocycles. The van der Waals surface area contributed by atoms with Gasteiger partial charge in [0.2, 0.25) is 0 Å². The molecule has 0 spiro atoms. The van der Waals surface area contributed by atoms with Crippen LogP contribution in [-0.4, -0.2) is 0 Å². The number of furan rings is 1. The Morgan fingerprint density at radius 3 is 1.34 bits per heavy atom. The van der Waals surface area contributed by atoms with Gasteiger partial charge >= 0.3 is 0 Å². The Morgan fingerprint density at radius 2 is 0.745 bits per heavy atom. The summed E-state index contributed by atoms with van der Waals surface area (Å²) >= 11 is 0. The van der Waals surface area contributed by atoms with Gasteiger partial charge in [-0.2, -0.15) is 0 Å². The first-order valence-corrected chi connectivity index (χ1v) is 16.2. The maximum absolute atomic E-state index is 6.32. The van der Waals surface area contributed by atoms with Gasteiger partial charge in [0.25, 0.3) is 0 Å². The summed E-state index contributed by atoms with van der Waals surface area (Å²) in [5.74, 6) is 0. The van der Waals surface area contributed by atoms with Crippen molar-refractivity contribution < 1.29 is 4.42 Å². The van der Waals surface area contributed by atoms with Crippen molar-refractivity contribution in [3.8, 4) is 44.5 Å². The summed E-state index contributed by atoms with van der Waals surface area (Å²) in [6.07, 6.45) is 0. The van der Waals surface area contributed by atoms with Crippen LogP contribution in [-0.2, 0) is 0 Å². The summed E-state index contributed by atoms with van der Waals surface area (Å²) in [4.78, 5) is 0. The summed E-state index contributed by atoms with van der Waals surface area (Å²) in [7, 11) is 0. The van der Waals surface area contributed by atoms with Crippen LogP contribution >= 0.6 is 0 Å². The number of hydrogen-bond acceptors (Lipinski definition) is 1. The first-order valence-electron chi connectivity index (χ1n) is 16.2. The number of hydrogen-bond donors (Lipinski definition) is 0. The lowest BCUT2D eigenvalue weighted by Crippen LogP contribution is -1.92. The van der Waals surface area contributed by atoms with Crippen molar-refractivity contribution in [2.75, 3.05) is 0 Å². The Labute approximate surface area is 272 Å². The first-order chi connectivity index (χ1) is 23.3. The topological polar surface area (TPSA) is 13.1 Å². The second-order valence-corrected chi connectivity index (χ2v) is 12.4. The molecule has 0 aliphatic rings. The number of rotatable bonds is 4. The van der Waals surface area contributed by atoms with Crippen molar-refractivity contribution in [1.29, 1.82) is 0 Å². The lowest BCUT2D eigenvalue weighted by molar-refractivity contribution is 0.669. The molecule has 0 aliphatic heterocycles. The highest BCUT2D eigenvalue weighted by Crippen LogP contribution is 2.48. The molecular weight excluding hydrogens is 569 g/mol. The molecule has 1 aromatic heterocycles. The normalized spacial score (nSPS) is 11.8. The molecule has 0 radical (unpaired) electrons. The molecule has 0 unspecified atom stereocenters. The van der Waals surface area contributed by atoms with Crippen molar-refractivity contribution in [3.63, 3.8) is 0 Å². The highest BCUT2D eigenvalue weighted by molar-refractivity contribution is 6.29. The molecule has 1 heteroatoms. The zero-order valence-corrected chi connectivity index (χ0v) is 25.6. The van der Waals surface area contributed by atoms with Gasteiger partial charge in [-0.05, 0) is 95.0 Å². The molecule has 0 saturated carbocycles. The van der Waals surface area contributed by atoms with Crippen LogP contribution in [0.2, 0.25) is 0 Å². The average molecular weight is 597 g/mol. The number of benzene rings is 9. The van der Waals surface area contributed by atoms with E-state index in [2.05, 4.69) is 170 Å². The van der Waals surface area contributed by atoms with E-state index >= 15 is 0 Å². The first kappa shape index (κ1) is 26.1. The van der Waals surface area contributed by atoms with Gasteiger partial charge in [0.05, 0.1) is 0 Å². The zero-order valence-electron chi connectivity index (χ0n) is 25.6. The molecule has 1 nitrogen and oxygen atoms in total. The minimum Gasteiger partial charge on any atom is -0.456 e. The van der Waals surface area contributed by atoms with Gasteiger partial charge in [0.15, 0.2) is 0 Å². The lowest BCUT2D eigenvalue weighted by Gasteiger charge is -2.19. The van der Waals surface area contributed by atoms with E-state index in [9.17, 15) is 0 Å². The van der Waals surface area contributed by atoms with Crippen LogP contribution in [0.3, 0.4) is 0 Å². The Hall–Kier alpha value is -6.18. The minimum atomic E-state index is 0.940. The van der Waals surface area contributed by atoms with Crippen molar-refractivity contribution in [2.24, 2.45) is 0 Å². The van der Waals surface area contributed by atoms with Gasteiger partial charge in [-0.3, -0.25) is 0 Å². The predicted octanol–water partition coefficient (Wildman–Crippen LogP) is 13.2. The standard InChI is InChI=1S/C46H28O/c1-2-10-29(11-3-1)30-20-22-31(23-21-30)32-24-26-33(27-25-32)43-35-13-4-6-15-37(35)45(38-16-7-5-14-36(38)43)40-28-34-12-8-18-41-44(34)46-39(40)17-9-19-42(46)47-41/h1-28H. The fraction of sp³-hybridized carbons (Fsp3) is 0. The molecule has 0 atom stereocenters. The van der Waals surface area contributed by atoms with E-state index in [0.717, 1.165) is 11.2 Å². The molecule has 0 aliphatic carbocycles. The summed E-state index contributed by atoms with van der Waals surface area (Å²) in [6.45, 7) is 0. The lowest BCUT2D eigenvalue weighted by atomic mass is 9.83. The van der Waals surface area contributed by atoms with Crippen molar-refractivity contribution in [1.82, 2.24) is 0 Å². The number of fused-ring (bicyclic) bond motifs is 2. The van der Waals surface area contributed by atoms with Gasteiger partial charge in [-0.25, -0.2) is 0 Å².